The van der Waals surface area contributed by atoms with Crippen molar-refractivity contribution in [2.75, 3.05) is 6.54 Å². The summed E-state index contributed by atoms with van der Waals surface area (Å²) in [5, 5.41) is 4.76. The number of carbonyl (C=O) groups excluding carboxylic acids is 1. The number of carbonyl (C=O) groups is 1. The summed E-state index contributed by atoms with van der Waals surface area (Å²) in [6.45, 7) is 4.85. The first-order chi connectivity index (χ1) is 15.4. The van der Waals surface area contributed by atoms with Crippen LogP contribution < -0.4 is 4.74 Å². The molecule has 5 rings (SSSR count). The van der Waals surface area contributed by atoms with Crippen LogP contribution in [0.1, 0.15) is 53.2 Å². The van der Waals surface area contributed by atoms with Crippen LogP contribution in [0, 0.1) is 6.92 Å². The van der Waals surface area contributed by atoms with E-state index in [1.165, 1.54) is 0 Å². The fourth-order valence-corrected chi connectivity index (χ4v) is 4.95. The van der Waals surface area contributed by atoms with Crippen molar-refractivity contribution in [3.05, 3.63) is 64.1 Å². The van der Waals surface area contributed by atoms with Gasteiger partial charge in [-0.3, -0.25) is 14.5 Å². The van der Waals surface area contributed by atoms with Crippen molar-refractivity contribution in [3.63, 3.8) is 0 Å². The van der Waals surface area contributed by atoms with Crippen molar-refractivity contribution in [3.8, 4) is 17.0 Å². The molecule has 32 heavy (non-hydrogen) atoms. The molecule has 0 aliphatic carbocycles. The summed E-state index contributed by atoms with van der Waals surface area (Å²) in [5.41, 5.74) is 5.47. The summed E-state index contributed by atoms with van der Waals surface area (Å²) >= 11 is 6.79. The molecule has 166 valence electrons. The number of ether oxygens (including phenoxy) is 1. The van der Waals surface area contributed by atoms with Crippen LogP contribution in [0.4, 0.5) is 0 Å². The number of benzene rings is 1. The zero-order valence-corrected chi connectivity index (χ0v) is 19.4. The van der Waals surface area contributed by atoms with Gasteiger partial charge in [0.25, 0.3) is 5.91 Å². The van der Waals surface area contributed by atoms with Crippen LogP contribution in [0.25, 0.3) is 11.3 Å². The molecule has 7 heteroatoms. The van der Waals surface area contributed by atoms with E-state index >= 15 is 0 Å². The van der Waals surface area contributed by atoms with E-state index in [9.17, 15) is 4.79 Å². The Balaban J connectivity index is 1.49. The Morgan fingerprint density at radius 1 is 1.22 bits per heavy atom. The van der Waals surface area contributed by atoms with Gasteiger partial charge >= 0.3 is 0 Å². The minimum Gasteiger partial charge on any atom is -0.488 e. The first-order valence-corrected chi connectivity index (χ1v) is 11.5. The van der Waals surface area contributed by atoms with Crippen molar-refractivity contribution in [2.45, 2.75) is 51.7 Å². The first kappa shape index (κ1) is 21.0. The van der Waals surface area contributed by atoms with E-state index in [4.69, 9.17) is 16.3 Å². The van der Waals surface area contributed by atoms with Crippen molar-refractivity contribution in [2.24, 2.45) is 7.05 Å². The van der Waals surface area contributed by atoms with Crippen LogP contribution in [0.15, 0.2) is 36.8 Å². The third kappa shape index (κ3) is 3.77. The predicted octanol–water partition coefficient (Wildman–Crippen LogP) is 4.81. The van der Waals surface area contributed by atoms with Crippen molar-refractivity contribution >= 4 is 17.5 Å². The Morgan fingerprint density at radius 2 is 2.06 bits per heavy atom. The molecule has 1 fully saturated rings. The van der Waals surface area contributed by atoms with E-state index in [-0.39, 0.29) is 18.1 Å². The molecule has 1 amide bonds. The van der Waals surface area contributed by atoms with Crippen LogP contribution in [0.5, 0.6) is 5.75 Å². The molecule has 0 spiro atoms. The van der Waals surface area contributed by atoms with E-state index in [0.29, 0.717) is 22.8 Å². The molecular formula is C25H27ClN4O2. The Labute approximate surface area is 193 Å². The second-order valence-corrected chi connectivity index (χ2v) is 9.31. The molecule has 2 aromatic heterocycles. The van der Waals surface area contributed by atoms with Gasteiger partial charge in [0.15, 0.2) is 5.75 Å². The maximum absolute atomic E-state index is 13.4. The second kappa shape index (κ2) is 8.24. The number of fused-ring (bicyclic) bond motifs is 4. The van der Waals surface area contributed by atoms with Crippen LogP contribution in [-0.4, -0.2) is 44.3 Å². The topological polar surface area (TPSA) is 60.2 Å². The molecule has 2 bridgehead atoms. The molecule has 6 nitrogen and oxygen atoms in total. The number of nitrogens with zero attached hydrogens (tertiary/aromatic N) is 4. The van der Waals surface area contributed by atoms with Gasteiger partial charge in [-0.15, -0.1) is 0 Å². The highest BCUT2D eigenvalue weighted by atomic mass is 35.5. The number of aromatic nitrogens is 3. The third-order valence-electron chi connectivity index (χ3n) is 6.70. The van der Waals surface area contributed by atoms with Crippen LogP contribution in [0.2, 0.25) is 5.02 Å². The van der Waals surface area contributed by atoms with Gasteiger partial charge in [0.05, 0.1) is 22.5 Å². The SMILES string of the molecule is Cc1c(Cc2ccc(-c3cnn(C)c3)nc2)cc2c(c1Cl)OC1CC[C@@H](C)N(CC1)C2=O. The van der Waals surface area contributed by atoms with Crippen molar-refractivity contribution in [1.29, 1.82) is 0 Å². The smallest absolute Gasteiger partial charge is 0.257 e. The number of hydrogen-bond acceptors (Lipinski definition) is 4. The highest BCUT2D eigenvalue weighted by Crippen LogP contribution is 2.40. The van der Waals surface area contributed by atoms with Gasteiger partial charge in [0.1, 0.15) is 6.10 Å². The van der Waals surface area contributed by atoms with Gasteiger partial charge in [-0.2, -0.15) is 5.10 Å². The predicted molar refractivity (Wildman–Crippen MR) is 124 cm³/mol. The third-order valence-corrected chi connectivity index (χ3v) is 7.15. The summed E-state index contributed by atoms with van der Waals surface area (Å²) in [7, 11) is 1.89. The van der Waals surface area contributed by atoms with Gasteiger partial charge in [0.2, 0.25) is 0 Å². The minimum atomic E-state index is 0.0149. The molecular weight excluding hydrogens is 424 g/mol. The summed E-state index contributed by atoms with van der Waals surface area (Å²) < 4.78 is 8.07. The quantitative estimate of drug-likeness (QED) is 0.574. The van der Waals surface area contributed by atoms with E-state index in [1.54, 1.807) is 10.9 Å². The van der Waals surface area contributed by atoms with Gasteiger partial charge in [0, 0.05) is 44.0 Å². The van der Waals surface area contributed by atoms with E-state index in [1.807, 2.05) is 43.4 Å². The summed E-state index contributed by atoms with van der Waals surface area (Å²) in [6.07, 6.45) is 9.11. The zero-order valence-electron chi connectivity index (χ0n) is 18.6. The monoisotopic (exact) mass is 450 g/mol. The Kier molecular flexibility index (Phi) is 5.41. The molecule has 0 N–H and O–H groups in total. The van der Waals surface area contributed by atoms with Gasteiger partial charge < -0.3 is 9.64 Å². The van der Waals surface area contributed by atoms with E-state index < -0.39 is 0 Å². The van der Waals surface area contributed by atoms with E-state index in [2.05, 4.69) is 23.1 Å². The molecule has 1 saturated heterocycles. The van der Waals surface area contributed by atoms with Gasteiger partial charge in [-0.1, -0.05) is 17.7 Å². The maximum Gasteiger partial charge on any atom is 0.257 e. The Bertz CT molecular complexity index is 1170. The number of pyridine rings is 1. The Morgan fingerprint density at radius 3 is 2.78 bits per heavy atom. The number of halogens is 1. The Hall–Kier alpha value is -2.86. The maximum atomic E-state index is 13.4. The first-order valence-electron chi connectivity index (χ1n) is 11.1. The summed E-state index contributed by atoms with van der Waals surface area (Å²) in [6, 6.07) is 6.24. The lowest BCUT2D eigenvalue weighted by Crippen LogP contribution is -2.39. The fourth-order valence-electron chi connectivity index (χ4n) is 4.68. The summed E-state index contributed by atoms with van der Waals surface area (Å²) in [5.74, 6) is 0.563. The highest BCUT2D eigenvalue weighted by Gasteiger charge is 2.34. The number of hydrogen-bond donors (Lipinski definition) is 0. The minimum absolute atomic E-state index is 0.0149. The van der Waals surface area contributed by atoms with Gasteiger partial charge in [-0.05, 0) is 61.9 Å². The average Bonchev–Trinajstić information content (AvgIpc) is 3.14. The van der Waals surface area contributed by atoms with Crippen molar-refractivity contribution < 1.29 is 9.53 Å². The lowest BCUT2D eigenvalue weighted by atomic mass is 9.96. The number of rotatable bonds is 3. The molecule has 2 aliphatic heterocycles. The van der Waals surface area contributed by atoms with Crippen molar-refractivity contribution in [1.82, 2.24) is 19.7 Å². The lowest BCUT2D eigenvalue weighted by molar-refractivity contribution is 0.0671. The molecule has 1 unspecified atom stereocenters. The van der Waals surface area contributed by atoms with Gasteiger partial charge in [-0.25, -0.2) is 0 Å². The molecule has 0 radical (unpaired) electrons. The van der Waals surface area contributed by atoms with Crippen LogP contribution >= 0.6 is 11.6 Å². The zero-order chi connectivity index (χ0) is 22.4. The second-order valence-electron chi connectivity index (χ2n) is 8.94. The molecule has 2 aliphatic rings. The number of amides is 1. The highest BCUT2D eigenvalue weighted by molar-refractivity contribution is 6.33. The van der Waals surface area contributed by atoms with E-state index in [0.717, 1.165) is 53.8 Å². The molecule has 1 aromatic carbocycles. The lowest BCUT2D eigenvalue weighted by Gasteiger charge is -2.30. The molecule has 2 atom stereocenters. The molecule has 4 heterocycles. The van der Waals surface area contributed by atoms with Crippen LogP contribution in [0.3, 0.4) is 0 Å². The number of aryl methyl sites for hydroxylation is 1. The largest absolute Gasteiger partial charge is 0.488 e. The standard InChI is InChI=1S/C25H27ClN4O2/c1-15-4-6-20-8-9-30(15)25(31)21-11-18(16(2)23(26)24(21)32-20)10-17-5-7-22(27-12-17)19-13-28-29(3)14-19/h5,7,11-15,20H,4,6,8-10H2,1-3H3/t15-,20?/m1/s1. The molecule has 0 saturated carbocycles. The normalized spacial score (nSPS) is 20.4. The summed E-state index contributed by atoms with van der Waals surface area (Å²) in [4.78, 5) is 20.0. The van der Waals surface area contributed by atoms with Crippen LogP contribution in [-0.2, 0) is 13.5 Å². The molecule has 3 aromatic rings. The average molecular weight is 451 g/mol. The fraction of sp³-hybridized carbons (Fsp3) is 0.400.